The maximum Gasteiger partial charge on any atom is 0.320 e. The third-order valence-electron chi connectivity index (χ3n) is 6.18. The van der Waals surface area contributed by atoms with Gasteiger partial charge in [0, 0.05) is 19.6 Å². The van der Waals surface area contributed by atoms with Gasteiger partial charge in [0.25, 0.3) is 0 Å². The number of nitriles is 1. The summed E-state index contributed by atoms with van der Waals surface area (Å²) in [5, 5.41) is 19.7. The van der Waals surface area contributed by atoms with E-state index in [2.05, 4.69) is 52.1 Å². The highest BCUT2D eigenvalue weighted by molar-refractivity contribution is 5.88. The predicted molar refractivity (Wildman–Crippen MR) is 128 cm³/mol. The van der Waals surface area contributed by atoms with Crippen LogP contribution in [0.5, 0.6) is 6.01 Å². The SMILES string of the molecule is CCC[C@H](CCO)Oc1nc(N)c2cc(C#N)n(Cc3ccc(CN4CCCC4)cc3)c2n1. The smallest absolute Gasteiger partial charge is 0.320 e. The highest BCUT2D eigenvalue weighted by Crippen LogP contribution is 2.26. The third-order valence-corrected chi connectivity index (χ3v) is 6.18. The molecular formula is C25H32N6O2. The van der Waals surface area contributed by atoms with Gasteiger partial charge in [-0.15, -0.1) is 0 Å². The number of benzene rings is 1. The fourth-order valence-electron chi connectivity index (χ4n) is 4.44. The Balaban J connectivity index is 1.59. The van der Waals surface area contributed by atoms with E-state index in [4.69, 9.17) is 10.5 Å². The molecule has 0 saturated carbocycles. The normalized spacial score (nSPS) is 15.1. The summed E-state index contributed by atoms with van der Waals surface area (Å²) in [4.78, 5) is 11.4. The highest BCUT2D eigenvalue weighted by atomic mass is 16.5. The molecule has 1 aliphatic rings. The molecule has 0 aliphatic carbocycles. The van der Waals surface area contributed by atoms with Crippen molar-refractivity contribution in [1.82, 2.24) is 19.4 Å². The number of nitrogens with zero attached hydrogens (tertiary/aromatic N) is 5. The largest absolute Gasteiger partial charge is 0.460 e. The van der Waals surface area contributed by atoms with Crippen LogP contribution in [0.3, 0.4) is 0 Å². The van der Waals surface area contributed by atoms with Crippen molar-refractivity contribution in [1.29, 1.82) is 5.26 Å². The van der Waals surface area contributed by atoms with Gasteiger partial charge in [0.15, 0.2) is 5.65 Å². The predicted octanol–water partition coefficient (Wildman–Crippen LogP) is 3.46. The molecule has 4 rings (SSSR count). The topological polar surface area (TPSA) is 113 Å². The molecule has 0 bridgehead atoms. The fraction of sp³-hybridized carbons (Fsp3) is 0.480. The number of aliphatic hydroxyl groups is 1. The van der Waals surface area contributed by atoms with Gasteiger partial charge in [0.2, 0.25) is 0 Å². The minimum absolute atomic E-state index is 0.0328. The number of hydrogen-bond donors (Lipinski definition) is 2. The van der Waals surface area contributed by atoms with Crippen molar-refractivity contribution in [3.05, 3.63) is 47.2 Å². The zero-order chi connectivity index (χ0) is 23.2. The first-order chi connectivity index (χ1) is 16.1. The maximum absolute atomic E-state index is 9.72. The van der Waals surface area contributed by atoms with Crippen LogP contribution in [0.4, 0.5) is 5.82 Å². The number of aliphatic hydroxyl groups excluding tert-OH is 1. The molecule has 0 spiro atoms. The Bertz CT molecular complexity index is 1110. The first kappa shape index (κ1) is 23.0. The van der Waals surface area contributed by atoms with Crippen LogP contribution in [0, 0.1) is 11.3 Å². The molecule has 3 N–H and O–H groups in total. The maximum atomic E-state index is 9.72. The van der Waals surface area contributed by atoms with Gasteiger partial charge in [-0.3, -0.25) is 4.90 Å². The second kappa shape index (κ2) is 10.6. The van der Waals surface area contributed by atoms with E-state index < -0.39 is 0 Å². The monoisotopic (exact) mass is 448 g/mol. The van der Waals surface area contributed by atoms with E-state index in [-0.39, 0.29) is 24.5 Å². The first-order valence-corrected chi connectivity index (χ1v) is 11.8. The molecule has 0 radical (unpaired) electrons. The van der Waals surface area contributed by atoms with E-state index >= 15 is 0 Å². The molecule has 2 aromatic heterocycles. The Kier molecular flexibility index (Phi) is 7.43. The summed E-state index contributed by atoms with van der Waals surface area (Å²) in [7, 11) is 0. The zero-order valence-corrected chi connectivity index (χ0v) is 19.2. The van der Waals surface area contributed by atoms with Gasteiger partial charge in [-0.25, -0.2) is 0 Å². The zero-order valence-electron chi connectivity index (χ0n) is 19.2. The summed E-state index contributed by atoms with van der Waals surface area (Å²) in [5.41, 5.74) is 9.63. The number of ether oxygens (including phenoxy) is 1. The molecule has 8 heteroatoms. The van der Waals surface area contributed by atoms with Crippen LogP contribution in [0.2, 0.25) is 0 Å². The highest BCUT2D eigenvalue weighted by Gasteiger charge is 2.18. The summed E-state index contributed by atoms with van der Waals surface area (Å²) >= 11 is 0. The Labute approximate surface area is 194 Å². The van der Waals surface area contributed by atoms with Gasteiger partial charge < -0.3 is 20.1 Å². The van der Waals surface area contributed by atoms with E-state index in [0.717, 1.165) is 24.9 Å². The van der Waals surface area contributed by atoms with Crippen LogP contribution in [-0.4, -0.2) is 50.3 Å². The van der Waals surface area contributed by atoms with Gasteiger partial charge in [-0.2, -0.15) is 15.2 Å². The lowest BCUT2D eigenvalue weighted by Crippen LogP contribution is -2.19. The van der Waals surface area contributed by atoms with Crippen molar-refractivity contribution in [3.63, 3.8) is 0 Å². The number of fused-ring (bicyclic) bond motifs is 1. The van der Waals surface area contributed by atoms with Crippen LogP contribution < -0.4 is 10.5 Å². The van der Waals surface area contributed by atoms with E-state index in [1.165, 1.54) is 31.5 Å². The van der Waals surface area contributed by atoms with Crippen LogP contribution in [0.25, 0.3) is 11.0 Å². The van der Waals surface area contributed by atoms with Crippen LogP contribution >= 0.6 is 0 Å². The summed E-state index contributed by atoms with van der Waals surface area (Å²) < 4.78 is 7.81. The number of hydrogen-bond acceptors (Lipinski definition) is 7. The van der Waals surface area contributed by atoms with Crippen LogP contribution in [0.15, 0.2) is 30.3 Å². The lowest BCUT2D eigenvalue weighted by molar-refractivity contribution is 0.135. The van der Waals surface area contributed by atoms with E-state index in [1.807, 2.05) is 4.57 Å². The molecule has 3 heterocycles. The van der Waals surface area contributed by atoms with Crippen molar-refractivity contribution in [2.24, 2.45) is 0 Å². The van der Waals surface area contributed by atoms with E-state index in [0.29, 0.717) is 29.7 Å². The molecule has 1 fully saturated rings. The van der Waals surface area contributed by atoms with Gasteiger partial charge in [-0.05, 0) is 49.5 Å². The average Bonchev–Trinajstić information content (AvgIpc) is 3.44. The molecule has 33 heavy (non-hydrogen) atoms. The van der Waals surface area contributed by atoms with Gasteiger partial charge >= 0.3 is 6.01 Å². The molecule has 174 valence electrons. The third kappa shape index (κ3) is 5.44. The minimum atomic E-state index is -0.182. The molecule has 0 amide bonds. The summed E-state index contributed by atoms with van der Waals surface area (Å²) in [5.74, 6) is 0.283. The Morgan fingerprint density at radius 2 is 1.82 bits per heavy atom. The Morgan fingerprint density at radius 3 is 2.45 bits per heavy atom. The molecule has 1 saturated heterocycles. The molecular weight excluding hydrogens is 416 g/mol. The van der Waals surface area contributed by atoms with E-state index in [9.17, 15) is 10.4 Å². The molecule has 1 aliphatic heterocycles. The molecule has 1 atom stereocenters. The minimum Gasteiger partial charge on any atom is -0.460 e. The van der Waals surface area contributed by atoms with Gasteiger partial charge in [0.05, 0.1) is 11.9 Å². The van der Waals surface area contributed by atoms with Crippen LogP contribution in [-0.2, 0) is 13.1 Å². The number of rotatable bonds is 10. The van der Waals surface area contributed by atoms with Crippen molar-refractivity contribution >= 4 is 16.9 Å². The fourth-order valence-corrected chi connectivity index (χ4v) is 4.44. The molecule has 8 nitrogen and oxygen atoms in total. The van der Waals surface area contributed by atoms with Crippen molar-refractivity contribution < 1.29 is 9.84 Å². The van der Waals surface area contributed by atoms with Crippen molar-refractivity contribution in [3.8, 4) is 12.1 Å². The molecule has 3 aromatic rings. The number of nitrogens with two attached hydrogens (primary N) is 1. The Morgan fingerprint density at radius 1 is 1.12 bits per heavy atom. The lowest BCUT2D eigenvalue weighted by atomic mass is 10.1. The quantitative estimate of drug-likeness (QED) is 0.488. The van der Waals surface area contributed by atoms with Crippen molar-refractivity contribution in [2.75, 3.05) is 25.4 Å². The van der Waals surface area contributed by atoms with E-state index in [1.54, 1.807) is 6.07 Å². The Hall–Kier alpha value is -3.15. The second-order valence-electron chi connectivity index (χ2n) is 8.70. The molecule has 1 aromatic carbocycles. The average molecular weight is 449 g/mol. The second-order valence-corrected chi connectivity index (χ2v) is 8.70. The number of aromatic nitrogens is 3. The lowest BCUT2D eigenvalue weighted by Gasteiger charge is -2.17. The number of nitrogen functional groups attached to an aromatic ring is 1. The standard InChI is InChI=1S/C25H32N6O2/c1-2-5-21(10-13-32)33-25-28-23(27)22-14-20(15-26)31(24(22)29-25)17-19-8-6-18(7-9-19)16-30-11-3-4-12-30/h6-9,14,21,32H,2-5,10-13,16-17H2,1H3,(H2,27,28,29)/t21-/m1/s1. The molecule has 0 unspecified atom stereocenters. The first-order valence-electron chi connectivity index (χ1n) is 11.8. The summed E-state index contributed by atoms with van der Waals surface area (Å²) in [6.07, 6.45) is 4.60. The summed E-state index contributed by atoms with van der Waals surface area (Å²) in [6.45, 7) is 5.92. The van der Waals surface area contributed by atoms with Gasteiger partial charge in [0.1, 0.15) is 23.7 Å². The van der Waals surface area contributed by atoms with Gasteiger partial charge in [-0.1, -0.05) is 37.6 Å². The number of anilines is 1. The number of likely N-dealkylation sites (tertiary alicyclic amines) is 1. The van der Waals surface area contributed by atoms with Crippen LogP contribution in [0.1, 0.15) is 55.8 Å². The van der Waals surface area contributed by atoms with Crippen molar-refractivity contribution in [2.45, 2.75) is 58.2 Å². The summed E-state index contributed by atoms with van der Waals surface area (Å²) in [6, 6.07) is 12.7.